The number of thiol groups is 1. The van der Waals surface area contributed by atoms with Gasteiger partial charge in [-0.2, -0.15) is 0 Å². The molecule has 1 atom stereocenters. The molecule has 1 aromatic rings. The first-order chi connectivity index (χ1) is 6.62. The third-order valence-electron chi connectivity index (χ3n) is 2.58. The van der Waals surface area contributed by atoms with Crippen molar-refractivity contribution in [1.29, 1.82) is 0 Å². The summed E-state index contributed by atoms with van der Waals surface area (Å²) in [6, 6.07) is 6.30. The SMILES string of the molecule is CCCc1cccc2c1CC(C)(S)O2. The van der Waals surface area contributed by atoms with E-state index in [9.17, 15) is 0 Å². The van der Waals surface area contributed by atoms with Crippen molar-refractivity contribution >= 4 is 12.6 Å². The van der Waals surface area contributed by atoms with Crippen molar-refractivity contribution in [3.8, 4) is 5.75 Å². The van der Waals surface area contributed by atoms with Crippen LogP contribution in [0.1, 0.15) is 31.4 Å². The summed E-state index contributed by atoms with van der Waals surface area (Å²) in [6.45, 7) is 4.22. The highest BCUT2D eigenvalue weighted by molar-refractivity contribution is 7.81. The Morgan fingerprint density at radius 1 is 1.50 bits per heavy atom. The number of hydrogen-bond donors (Lipinski definition) is 1. The maximum Gasteiger partial charge on any atom is 0.153 e. The van der Waals surface area contributed by atoms with E-state index in [1.54, 1.807) is 0 Å². The van der Waals surface area contributed by atoms with Crippen molar-refractivity contribution in [3.05, 3.63) is 29.3 Å². The van der Waals surface area contributed by atoms with Crippen LogP contribution in [0.4, 0.5) is 0 Å². The maximum atomic E-state index is 5.75. The van der Waals surface area contributed by atoms with Gasteiger partial charge in [-0.1, -0.05) is 25.5 Å². The average Bonchev–Trinajstić information content (AvgIpc) is 2.41. The number of benzene rings is 1. The van der Waals surface area contributed by atoms with Crippen LogP contribution in [-0.2, 0) is 12.8 Å². The molecule has 0 saturated carbocycles. The zero-order chi connectivity index (χ0) is 10.2. The van der Waals surface area contributed by atoms with Gasteiger partial charge < -0.3 is 4.74 Å². The molecular formula is C12H16OS. The standard InChI is InChI=1S/C12H16OS/c1-3-5-9-6-4-7-11-10(9)8-12(2,14)13-11/h4,6-7,14H,3,5,8H2,1-2H3. The van der Waals surface area contributed by atoms with Gasteiger partial charge in [0.1, 0.15) is 5.75 Å². The summed E-state index contributed by atoms with van der Waals surface area (Å²) in [5, 5.41) is 0. The molecule has 0 bridgehead atoms. The predicted octanol–water partition coefficient (Wildman–Crippen LogP) is 3.22. The third kappa shape index (κ3) is 1.76. The number of rotatable bonds is 2. The van der Waals surface area contributed by atoms with Gasteiger partial charge in [0.2, 0.25) is 0 Å². The van der Waals surface area contributed by atoms with Crippen LogP contribution >= 0.6 is 12.6 Å². The minimum atomic E-state index is -0.313. The zero-order valence-corrected chi connectivity index (χ0v) is 9.60. The van der Waals surface area contributed by atoms with Crippen LogP contribution in [0, 0.1) is 0 Å². The molecule has 1 heterocycles. The van der Waals surface area contributed by atoms with E-state index in [0.717, 1.165) is 18.6 Å². The quantitative estimate of drug-likeness (QED) is 0.734. The van der Waals surface area contributed by atoms with Gasteiger partial charge in [-0.05, 0) is 25.0 Å². The fourth-order valence-electron chi connectivity index (χ4n) is 2.01. The van der Waals surface area contributed by atoms with Crippen LogP contribution in [0.5, 0.6) is 5.75 Å². The van der Waals surface area contributed by atoms with Crippen LogP contribution in [0.15, 0.2) is 18.2 Å². The molecule has 0 fully saturated rings. The molecule has 1 aliphatic rings. The van der Waals surface area contributed by atoms with E-state index >= 15 is 0 Å². The Bertz CT molecular complexity index is 344. The number of fused-ring (bicyclic) bond motifs is 1. The van der Waals surface area contributed by atoms with Crippen molar-refractivity contribution < 1.29 is 4.74 Å². The first-order valence-corrected chi connectivity index (χ1v) is 5.59. The third-order valence-corrected chi connectivity index (χ3v) is 2.83. The number of ether oxygens (including phenoxy) is 1. The highest BCUT2D eigenvalue weighted by Crippen LogP contribution is 2.39. The van der Waals surface area contributed by atoms with Gasteiger partial charge in [0.15, 0.2) is 4.93 Å². The van der Waals surface area contributed by atoms with E-state index in [4.69, 9.17) is 4.74 Å². The summed E-state index contributed by atoms with van der Waals surface area (Å²) in [5.41, 5.74) is 2.77. The maximum absolute atomic E-state index is 5.75. The molecule has 2 rings (SSSR count). The lowest BCUT2D eigenvalue weighted by Gasteiger charge is -2.15. The van der Waals surface area contributed by atoms with Crippen molar-refractivity contribution in [2.24, 2.45) is 0 Å². The van der Waals surface area contributed by atoms with Crippen molar-refractivity contribution in [2.45, 2.75) is 38.0 Å². The van der Waals surface area contributed by atoms with Gasteiger partial charge in [0.05, 0.1) is 0 Å². The second kappa shape index (κ2) is 3.50. The smallest absolute Gasteiger partial charge is 0.153 e. The summed E-state index contributed by atoms with van der Waals surface area (Å²) in [7, 11) is 0. The molecule has 1 unspecified atom stereocenters. The van der Waals surface area contributed by atoms with Crippen molar-refractivity contribution in [2.75, 3.05) is 0 Å². The molecule has 0 spiro atoms. The number of hydrogen-bond acceptors (Lipinski definition) is 2. The molecule has 14 heavy (non-hydrogen) atoms. The zero-order valence-electron chi connectivity index (χ0n) is 8.71. The minimum Gasteiger partial charge on any atom is -0.477 e. The highest BCUT2D eigenvalue weighted by Gasteiger charge is 2.32. The summed E-state index contributed by atoms with van der Waals surface area (Å²) >= 11 is 4.49. The summed E-state index contributed by atoms with van der Waals surface area (Å²) in [6.07, 6.45) is 3.23. The fourth-order valence-corrected chi connectivity index (χ4v) is 2.27. The second-order valence-corrected chi connectivity index (χ2v) is 5.04. The van der Waals surface area contributed by atoms with E-state index in [0.29, 0.717) is 0 Å². The Morgan fingerprint density at radius 2 is 2.29 bits per heavy atom. The first-order valence-electron chi connectivity index (χ1n) is 5.14. The Balaban J connectivity index is 2.36. The molecule has 0 radical (unpaired) electrons. The highest BCUT2D eigenvalue weighted by atomic mass is 32.1. The van der Waals surface area contributed by atoms with Crippen LogP contribution in [0.2, 0.25) is 0 Å². The van der Waals surface area contributed by atoms with E-state index in [1.807, 2.05) is 13.0 Å². The van der Waals surface area contributed by atoms with Gasteiger partial charge >= 0.3 is 0 Å². The molecule has 0 amide bonds. The van der Waals surface area contributed by atoms with Gasteiger partial charge in [-0.3, -0.25) is 0 Å². The molecule has 2 heteroatoms. The predicted molar refractivity (Wildman–Crippen MR) is 62.2 cm³/mol. The van der Waals surface area contributed by atoms with Gasteiger partial charge in [-0.15, -0.1) is 12.6 Å². The first kappa shape index (κ1) is 9.91. The van der Waals surface area contributed by atoms with Crippen LogP contribution in [0.25, 0.3) is 0 Å². The molecule has 1 aromatic carbocycles. The Kier molecular flexibility index (Phi) is 2.48. The molecule has 76 valence electrons. The Morgan fingerprint density at radius 3 is 3.00 bits per heavy atom. The Labute approximate surface area is 90.9 Å². The largest absolute Gasteiger partial charge is 0.477 e. The van der Waals surface area contributed by atoms with Crippen molar-refractivity contribution in [1.82, 2.24) is 0 Å². The lowest BCUT2D eigenvalue weighted by molar-refractivity contribution is 0.220. The van der Waals surface area contributed by atoms with Gasteiger partial charge in [0, 0.05) is 12.0 Å². The van der Waals surface area contributed by atoms with Crippen molar-refractivity contribution in [3.63, 3.8) is 0 Å². The lowest BCUT2D eigenvalue weighted by Crippen LogP contribution is -2.21. The molecule has 1 aliphatic heterocycles. The van der Waals surface area contributed by atoms with Gasteiger partial charge in [0.25, 0.3) is 0 Å². The molecule has 0 aromatic heterocycles. The Hall–Kier alpha value is -0.630. The fraction of sp³-hybridized carbons (Fsp3) is 0.500. The van der Waals surface area contributed by atoms with Crippen LogP contribution in [-0.4, -0.2) is 4.93 Å². The minimum absolute atomic E-state index is 0.313. The van der Waals surface area contributed by atoms with Crippen LogP contribution < -0.4 is 4.74 Å². The normalized spacial score (nSPS) is 24.5. The lowest BCUT2D eigenvalue weighted by atomic mass is 10.00. The van der Waals surface area contributed by atoms with Crippen LogP contribution in [0.3, 0.4) is 0 Å². The van der Waals surface area contributed by atoms with E-state index in [-0.39, 0.29) is 4.93 Å². The number of aryl methyl sites for hydroxylation is 1. The average molecular weight is 208 g/mol. The van der Waals surface area contributed by atoms with Gasteiger partial charge in [-0.25, -0.2) is 0 Å². The molecule has 1 nitrogen and oxygen atoms in total. The second-order valence-electron chi connectivity index (χ2n) is 4.10. The molecular weight excluding hydrogens is 192 g/mol. The van der Waals surface area contributed by atoms with E-state index in [2.05, 4.69) is 31.7 Å². The van der Waals surface area contributed by atoms with E-state index in [1.165, 1.54) is 17.5 Å². The topological polar surface area (TPSA) is 9.23 Å². The molecule has 0 N–H and O–H groups in total. The molecule has 0 saturated heterocycles. The monoisotopic (exact) mass is 208 g/mol. The summed E-state index contributed by atoms with van der Waals surface area (Å²) in [5.74, 6) is 1.02. The van der Waals surface area contributed by atoms with E-state index < -0.39 is 0 Å². The summed E-state index contributed by atoms with van der Waals surface area (Å²) < 4.78 is 5.75. The molecule has 0 aliphatic carbocycles. The summed E-state index contributed by atoms with van der Waals surface area (Å²) in [4.78, 5) is -0.313.